The highest BCUT2D eigenvalue weighted by molar-refractivity contribution is 9.10. The molecule has 0 saturated heterocycles. The van der Waals surface area contributed by atoms with Gasteiger partial charge in [-0.15, -0.1) is 0 Å². The van der Waals surface area contributed by atoms with Gasteiger partial charge in [0.25, 0.3) is 0 Å². The van der Waals surface area contributed by atoms with Crippen molar-refractivity contribution in [2.45, 2.75) is 6.54 Å². The van der Waals surface area contributed by atoms with E-state index >= 15 is 0 Å². The highest BCUT2D eigenvalue weighted by Gasteiger charge is 2.16. The van der Waals surface area contributed by atoms with Crippen molar-refractivity contribution in [3.63, 3.8) is 0 Å². The maximum Gasteiger partial charge on any atom is 0.175 e. The number of halogens is 1. The Morgan fingerprint density at radius 2 is 2.07 bits per heavy atom. The number of phenols is 1. The van der Waals surface area contributed by atoms with E-state index in [4.69, 9.17) is 14.7 Å². The number of hydrogen-bond donors (Lipinski definition) is 3. The van der Waals surface area contributed by atoms with Gasteiger partial charge in [0, 0.05) is 11.6 Å². The zero-order chi connectivity index (χ0) is 11.4. The van der Waals surface area contributed by atoms with Crippen molar-refractivity contribution in [1.29, 1.82) is 0 Å². The SMILES string of the molecule is COc1cc(O)c(CNO)c(Br)c1OC. The van der Waals surface area contributed by atoms with Crippen LogP contribution in [0.25, 0.3) is 0 Å². The molecule has 0 amide bonds. The molecule has 3 N–H and O–H groups in total. The molecule has 1 aromatic rings. The second kappa shape index (κ2) is 5.20. The number of aromatic hydroxyl groups is 1. The van der Waals surface area contributed by atoms with Crippen LogP contribution in [0.3, 0.4) is 0 Å². The molecule has 0 aliphatic rings. The van der Waals surface area contributed by atoms with Crippen LogP contribution in [0.2, 0.25) is 0 Å². The van der Waals surface area contributed by atoms with Crippen molar-refractivity contribution >= 4 is 15.9 Å². The third kappa shape index (κ3) is 2.34. The summed E-state index contributed by atoms with van der Waals surface area (Å²) >= 11 is 3.27. The predicted octanol–water partition coefficient (Wildman–Crippen LogP) is 1.65. The fourth-order valence-electron chi connectivity index (χ4n) is 1.22. The molecule has 0 bridgehead atoms. The van der Waals surface area contributed by atoms with Gasteiger partial charge < -0.3 is 19.8 Å². The third-order valence-electron chi connectivity index (χ3n) is 1.94. The van der Waals surface area contributed by atoms with Gasteiger partial charge in [0.2, 0.25) is 0 Å². The molecule has 15 heavy (non-hydrogen) atoms. The van der Waals surface area contributed by atoms with Crippen LogP contribution in [0.4, 0.5) is 0 Å². The number of methoxy groups -OCH3 is 2. The molecular weight excluding hydrogens is 266 g/mol. The van der Waals surface area contributed by atoms with Gasteiger partial charge in [-0.1, -0.05) is 0 Å². The van der Waals surface area contributed by atoms with Gasteiger partial charge >= 0.3 is 0 Å². The van der Waals surface area contributed by atoms with E-state index in [2.05, 4.69) is 15.9 Å². The van der Waals surface area contributed by atoms with Gasteiger partial charge in [-0.05, 0) is 15.9 Å². The fourth-order valence-corrected chi connectivity index (χ4v) is 1.92. The number of rotatable bonds is 4. The molecule has 0 aromatic heterocycles. The van der Waals surface area contributed by atoms with Crippen LogP contribution in [0.5, 0.6) is 17.2 Å². The van der Waals surface area contributed by atoms with Crippen LogP contribution < -0.4 is 15.0 Å². The minimum Gasteiger partial charge on any atom is -0.507 e. The Kier molecular flexibility index (Phi) is 4.19. The molecule has 0 aliphatic carbocycles. The maximum atomic E-state index is 9.64. The molecule has 0 radical (unpaired) electrons. The first-order chi connectivity index (χ1) is 7.15. The molecule has 6 heteroatoms. The van der Waals surface area contributed by atoms with Gasteiger partial charge in [-0.2, -0.15) is 0 Å². The van der Waals surface area contributed by atoms with Crippen LogP contribution in [0, 0.1) is 0 Å². The van der Waals surface area contributed by atoms with Crippen molar-refractivity contribution in [2.24, 2.45) is 0 Å². The van der Waals surface area contributed by atoms with E-state index in [1.54, 1.807) is 0 Å². The lowest BCUT2D eigenvalue weighted by Crippen LogP contribution is -2.08. The Morgan fingerprint density at radius 3 is 2.53 bits per heavy atom. The summed E-state index contributed by atoms with van der Waals surface area (Å²) in [6.07, 6.45) is 0. The summed E-state index contributed by atoms with van der Waals surface area (Å²) in [5.41, 5.74) is 2.46. The quantitative estimate of drug-likeness (QED) is 0.730. The molecule has 1 rings (SSSR count). The molecule has 84 valence electrons. The number of ether oxygens (including phenoxy) is 2. The van der Waals surface area contributed by atoms with Crippen molar-refractivity contribution in [2.75, 3.05) is 14.2 Å². The minimum absolute atomic E-state index is 0.0149. The summed E-state index contributed by atoms with van der Waals surface area (Å²) < 4.78 is 10.7. The molecule has 0 saturated carbocycles. The van der Waals surface area contributed by atoms with Crippen LogP contribution in [0.15, 0.2) is 10.5 Å². The highest BCUT2D eigenvalue weighted by atomic mass is 79.9. The lowest BCUT2D eigenvalue weighted by molar-refractivity contribution is 0.160. The summed E-state index contributed by atoms with van der Waals surface area (Å²) in [5.74, 6) is 0.908. The lowest BCUT2D eigenvalue weighted by atomic mass is 10.1. The van der Waals surface area contributed by atoms with Crippen LogP contribution in [0.1, 0.15) is 5.56 Å². The van der Waals surface area contributed by atoms with Gasteiger partial charge in [0.15, 0.2) is 11.5 Å². The van der Waals surface area contributed by atoms with Crippen molar-refractivity contribution in [1.82, 2.24) is 5.48 Å². The number of benzene rings is 1. The van der Waals surface area contributed by atoms with E-state index in [1.165, 1.54) is 20.3 Å². The zero-order valence-corrected chi connectivity index (χ0v) is 9.96. The lowest BCUT2D eigenvalue weighted by Gasteiger charge is -2.14. The van der Waals surface area contributed by atoms with Gasteiger partial charge in [0.1, 0.15) is 5.75 Å². The van der Waals surface area contributed by atoms with Crippen LogP contribution in [-0.2, 0) is 6.54 Å². The summed E-state index contributed by atoms with van der Waals surface area (Å²) in [7, 11) is 2.98. The van der Waals surface area contributed by atoms with E-state index in [0.717, 1.165) is 0 Å². The molecule has 0 unspecified atom stereocenters. The van der Waals surface area contributed by atoms with Gasteiger partial charge in [-0.25, -0.2) is 5.48 Å². The van der Waals surface area contributed by atoms with E-state index in [0.29, 0.717) is 21.5 Å². The summed E-state index contributed by atoms with van der Waals surface area (Å²) in [6, 6.07) is 1.43. The molecule has 0 atom stereocenters. The molecule has 0 heterocycles. The first-order valence-electron chi connectivity index (χ1n) is 4.15. The average Bonchev–Trinajstić information content (AvgIpc) is 2.23. The summed E-state index contributed by atoms with van der Waals surface area (Å²) in [5, 5.41) is 18.2. The fraction of sp³-hybridized carbons (Fsp3) is 0.333. The Balaban J connectivity index is 3.31. The number of hydroxylamine groups is 1. The second-order valence-electron chi connectivity index (χ2n) is 2.76. The highest BCUT2D eigenvalue weighted by Crippen LogP contribution is 2.42. The van der Waals surface area contributed by atoms with Crippen molar-refractivity contribution in [3.05, 3.63) is 16.1 Å². The zero-order valence-electron chi connectivity index (χ0n) is 8.37. The normalized spacial score (nSPS) is 10.1. The number of phenolic OH excluding ortho intramolecular Hbond substituents is 1. The van der Waals surface area contributed by atoms with E-state index in [-0.39, 0.29) is 12.3 Å². The van der Waals surface area contributed by atoms with Crippen LogP contribution in [-0.4, -0.2) is 24.5 Å². The predicted molar refractivity (Wildman–Crippen MR) is 57.5 cm³/mol. The van der Waals surface area contributed by atoms with E-state index < -0.39 is 0 Å². The summed E-state index contributed by atoms with van der Waals surface area (Å²) in [4.78, 5) is 0. The van der Waals surface area contributed by atoms with Crippen LogP contribution >= 0.6 is 15.9 Å². The molecule has 5 nitrogen and oxygen atoms in total. The largest absolute Gasteiger partial charge is 0.507 e. The topological polar surface area (TPSA) is 71.0 Å². The maximum absolute atomic E-state index is 9.64. The van der Waals surface area contributed by atoms with Crippen molar-refractivity contribution in [3.8, 4) is 17.2 Å². The molecule has 0 aliphatic heterocycles. The number of nitrogens with one attached hydrogen (secondary N) is 1. The minimum atomic E-state index is 0.0149. The van der Waals surface area contributed by atoms with Crippen molar-refractivity contribution < 1.29 is 19.8 Å². The monoisotopic (exact) mass is 277 g/mol. The van der Waals surface area contributed by atoms with Gasteiger partial charge in [-0.3, -0.25) is 0 Å². The standard InChI is InChI=1S/C9H12BrNO4/c1-14-7-3-6(12)5(4-11-13)8(10)9(7)15-2/h3,11-13H,4H2,1-2H3. The van der Waals surface area contributed by atoms with Gasteiger partial charge in [0.05, 0.1) is 25.2 Å². The van der Waals surface area contributed by atoms with E-state index in [1.807, 2.05) is 5.48 Å². The first kappa shape index (κ1) is 12.1. The molecule has 0 fully saturated rings. The molecule has 0 spiro atoms. The molecular formula is C9H12BrNO4. The first-order valence-corrected chi connectivity index (χ1v) is 4.94. The number of hydrogen-bond acceptors (Lipinski definition) is 5. The Hall–Kier alpha value is -0.980. The Morgan fingerprint density at radius 1 is 1.40 bits per heavy atom. The Labute approximate surface area is 95.7 Å². The smallest absolute Gasteiger partial charge is 0.175 e. The third-order valence-corrected chi connectivity index (χ3v) is 2.78. The Bertz CT molecular complexity index is 356. The second-order valence-corrected chi connectivity index (χ2v) is 3.55. The average molecular weight is 278 g/mol. The summed E-state index contributed by atoms with van der Waals surface area (Å²) in [6.45, 7) is 0.104. The molecule has 1 aromatic carbocycles. The van der Waals surface area contributed by atoms with E-state index in [9.17, 15) is 5.11 Å².